The van der Waals surface area contributed by atoms with Crippen molar-refractivity contribution < 1.29 is 9.84 Å². The molecule has 0 aliphatic heterocycles. The number of rotatable bonds is 7. The highest BCUT2D eigenvalue weighted by Crippen LogP contribution is 2.26. The van der Waals surface area contributed by atoms with Crippen molar-refractivity contribution in [2.24, 2.45) is 0 Å². The van der Waals surface area contributed by atoms with E-state index in [1.807, 2.05) is 25.1 Å². The third kappa shape index (κ3) is 3.84. The monoisotopic (exact) mass is 312 g/mol. The Balaban J connectivity index is 1.50. The number of aliphatic hydroxyl groups is 1. The Bertz CT molecular complexity index is 758. The second-order valence-electron chi connectivity index (χ2n) is 5.52. The van der Waals surface area contributed by atoms with Gasteiger partial charge >= 0.3 is 0 Å². The second kappa shape index (κ2) is 7.19. The first kappa shape index (κ1) is 15.4. The van der Waals surface area contributed by atoms with Gasteiger partial charge in [0.05, 0.1) is 17.0 Å². The van der Waals surface area contributed by atoms with E-state index in [-0.39, 0.29) is 6.61 Å². The molecular weight excluding hydrogens is 292 g/mol. The standard InChI is InChI=1S/C17H20N4O2/c1-12-17-14(21-20-12)6-3-7-15(17)23-11-13(22)5-2-8-16-18-9-4-10-19-16/h3-4,6-7,9-10,13,22H,2,5,8,11H2,1H3,(H,20,21)/t13-/m0/s1. The van der Waals surface area contributed by atoms with Gasteiger partial charge in [-0.25, -0.2) is 9.97 Å². The number of hydrogen-bond donors (Lipinski definition) is 2. The molecule has 1 aromatic carbocycles. The minimum absolute atomic E-state index is 0.263. The van der Waals surface area contributed by atoms with Crippen molar-refractivity contribution >= 4 is 10.9 Å². The zero-order chi connectivity index (χ0) is 16.1. The average Bonchev–Trinajstić information content (AvgIpc) is 2.96. The molecule has 0 radical (unpaired) electrons. The Morgan fingerprint density at radius 3 is 2.87 bits per heavy atom. The normalized spacial score (nSPS) is 12.4. The van der Waals surface area contributed by atoms with Crippen molar-refractivity contribution in [3.8, 4) is 5.75 Å². The van der Waals surface area contributed by atoms with Crippen LogP contribution in [0.15, 0.2) is 36.7 Å². The summed E-state index contributed by atoms with van der Waals surface area (Å²) in [6.07, 6.45) is 5.18. The van der Waals surface area contributed by atoms with E-state index in [0.29, 0.717) is 6.42 Å². The fraction of sp³-hybridized carbons (Fsp3) is 0.353. The summed E-state index contributed by atoms with van der Waals surface area (Å²) in [4.78, 5) is 8.35. The van der Waals surface area contributed by atoms with E-state index in [4.69, 9.17) is 4.74 Å². The molecule has 3 rings (SSSR count). The van der Waals surface area contributed by atoms with Gasteiger partial charge in [-0.2, -0.15) is 5.10 Å². The summed E-state index contributed by atoms with van der Waals surface area (Å²) in [5.41, 5.74) is 1.84. The smallest absolute Gasteiger partial charge is 0.130 e. The maximum atomic E-state index is 10.1. The molecule has 0 unspecified atom stereocenters. The lowest BCUT2D eigenvalue weighted by molar-refractivity contribution is 0.0989. The third-order valence-corrected chi connectivity index (χ3v) is 3.71. The summed E-state index contributed by atoms with van der Waals surface area (Å²) in [7, 11) is 0. The van der Waals surface area contributed by atoms with Crippen molar-refractivity contribution in [3.63, 3.8) is 0 Å². The van der Waals surface area contributed by atoms with Crippen LogP contribution in [-0.4, -0.2) is 38.0 Å². The van der Waals surface area contributed by atoms with Crippen LogP contribution < -0.4 is 4.74 Å². The lowest BCUT2D eigenvalue weighted by Gasteiger charge is -2.13. The van der Waals surface area contributed by atoms with Crippen LogP contribution >= 0.6 is 0 Å². The molecule has 6 heteroatoms. The quantitative estimate of drug-likeness (QED) is 0.700. The van der Waals surface area contributed by atoms with Gasteiger partial charge in [-0.15, -0.1) is 0 Å². The molecule has 0 amide bonds. The Labute approximate surface area is 134 Å². The van der Waals surface area contributed by atoms with Crippen LogP contribution in [0, 0.1) is 6.92 Å². The third-order valence-electron chi connectivity index (χ3n) is 3.71. The fourth-order valence-corrected chi connectivity index (χ4v) is 2.53. The molecule has 0 aliphatic rings. The van der Waals surface area contributed by atoms with Gasteiger partial charge in [0, 0.05) is 24.5 Å². The van der Waals surface area contributed by atoms with Crippen molar-refractivity contribution in [2.45, 2.75) is 32.3 Å². The molecule has 23 heavy (non-hydrogen) atoms. The number of aromatic amines is 1. The van der Waals surface area contributed by atoms with Crippen LogP contribution in [0.5, 0.6) is 5.75 Å². The lowest BCUT2D eigenvalue weighted by atomic mass is 10.1. The van der Waals surface area contributed by atoms with E-state index in [1.165, 1.54) is 0 Å². The number of aliphatic hydroxyl groups excluding tert-OH is 1. The molecule has 120 valence electrons. The minimum Gasteiger partial charge on any atom is -0.490 e. The topological polar surface area (TPSA) is 83.9 Å². The Hall–Kier alpha value is -2.47. The number of benzene rings is 1. The van der Waals surface area contributed by atoms with Gasteiger partial charge in [0.1, 0.15) is 18.2 Å². The molecule has 0 spiro atoms. The number of hydrogen-bond acceptors (Lipinski definition) is 5. The second-order valence-corrected chi connectivity index (χ2v) is 5.52. The summed E-state index contributed by atoms with van der Waals surface area (Å²) >= 11 is 0. The number of nitrogens with one attached hydrogen (secondary N) is 1. The summed E-state index contributed by atoms with van der Waals surface area (Å²) in [6, 6.07) is 7.53. The predicted molar refractivity (Wildman–Crippen MR) is 87.3 cm³/mol. The number of H-pyrrole nitrogens is 1. The number of fused-ring (bicyclic) bond motifs is 1. The molecule has 0 fully saturated rings. The van der Waals surface area contributed by atoms with E-state index in [9.17, 15) is 5.11 Å². The summed E-state index contributed by atoms with van der Waals surface area (Å²) in [5, 5.41) is 18.2. The molecule has 0 bridgehead atoms. The number of nitrogens with zero attached hydrogens (tertiary/aromatic N) is 3. The SMILES string of the molecule is Cc1[nH]nc2cccc(OC[C@@H](O)CCCc3ncccn3)c12. The number of aromatic nitrogens is 4. The number of aryl methyl sites for hydroxylation is 2. The Morgan fingerprint density at radius 2 is 2.04 bits per heavy atom. The predicted octanol–water partition coefficient (Wildman–Crippen LogP) is 2.42. The molecule has 0 saturated heterocycles. The van der Waals surface area contributed by atoms with Crippen LogP contribution in [0.3, 0.4) is 0 Å². The van der Waals surface area contributed by atoms with Gasteiger partial charge < -0.3 is 9.84 Å². The Morgan fingerprint density at radius 1 is 1.22 bits per heavy atom. The summed E-state index contributed by atoms with van der Waals surface area (Å²) in [6.45, 7) is 2.22. The summed E-state index contributed by atoms with van der Waals surface area (Å²) < 4.78 is 5.78. The summed E-state index contributed by atoms with van der Waals surface area (Å²) in [5.74, 6) is 1.55. The van der Waals surface area contributed by atoms with Gasteiger partial charge in [-0.3, -0.25) is 5.10 Å². The van der Waals surface area contributed by atoms with Crippen molar-refractivity contribution in [2.75, 3.05) is 6.61 Å². The van der Waals surface area contributed by atoms with Gasteiger partial charge in [0.2, 0.25) is 0 Å². The molecule has 6 nitrogen and oxygen atoms in total. The van der Waals surface area contributed by atoms with Crippen LogP contribution in [0.2, 0.25) is 0 Å². The largest absolute Gasteiger partial charge is 0.490 e. The molecule has 2 aromatic heterocycles. The molecule has 2 heterocycles. The number of ether oxygens (including phenoxy) is 1. The van der Waals surface area contributed by atoms with Crippen LogP contribution in [0.1, 0.15) is 24.4 Å². The molecule has 1 atom stereocenters. The first-order chi connectivity index (χ1) is 11.2. The fourth-order valence-electron chi connectivity index (χ4n) is 2.53. The van der Waals surface area contributed by atoms with Crippen molar-refractivity contribution in [1.82, 2.24) is 20.2 Å². The molecular formula is C17H20N4O2. The average molecular weight is 312 g/mol. The zero-order valence-electron chi connectivity index (χ0n) is 13.1. The molecule has 3 aromatic rings. The molecule has 2 N–H and O–H groups in total. The van der Waals surface area contributed by atoms with E-state index in [0.717, 1.165) is 41.0 Å². The van der Waals surface area contributed by atoms with Crippen molar-refractivity contribution in [3.05, 3.63) is 48.2 Å². The zero-order valence-corrected chi connectivity index (χ0v) is 13.1. The van der Waals surface area contributed by atoms with E-state index >= 15 is 0 Å². The maximum Gasteiger partial charge on any atom is 0.130 e. The highest BCUT2D eigenvalue weighted by atomic mass is 16.5. The van der Waals surface area contributed by atoms with Gasteiger partial charge in [-0.05, 0) is 38.0 Å². The highest BCUT2D eigenvalue weighted by molar-refractivity contribution is 5.87. The van der Waals surface area contributed by atoms with E-state index < -0.39 is 6.10 Å². The van der Waals surface area contributed by atoms with Crippen LogP contribution in [-0.2, 0) is 6.42 Å². The molecule has 0 saturated carbocycles. The first-order valence-electron chi connectivity index (χ1n) is 7.74. The van der Waals surface area contributed by atoms with Crippen LogP contribution in [0.25, 0.3) is 10.9 Å². The maximum absolute atomic E-state index is 10.1. The van der Waals surface area contributed by atoms with Gasteiger partial charge in [0.25, 0.3) is 0 Å². The first-order valence-corrected chi connectivity index (χ1v) is 7.74. The Kier molecular flexibility index (Phi) is 4.83. The van der Waals surface area contributed by atoms with Crippen LogP contribution in [0.4, 0.5) is 0 Å². The van der Waals surface area contributed by atoms with E-state index in [2.05, 4.69) is 20.2 Å². The molecule has 0 aliphatic carbocycles. The van der Waals surface area contributed by atoms with Crippen molar-refractivity contribution in [1.29, 1.82) is 0 Å². The van der Waals surface area contributed by atoms with E-state index in [1.54, 1.807) is 18.5 Å². The van der Waals surface area contributed by atoms with Gasteiger partial charge in [0.15, 0.2) is 0 Å². The minimum atomic E-state index is -0.513. The highest BCUT2D eigenvalue weighted by Gasteiger charge is 2.11. The van der Waals surface area contributed by atoms with Gasteiger partial charge in [-0.1, -0.05) is 6.07 Å². The lowest BCUT2D eigenvalue weighted by Crippen LogP contribution is -2.17.